The van der Waals surface area contributed by atoms with Gasteiger partial charge < -0.3 is 19.9 Å². The molecule has 6 nitrogen and oxygen atoms in total. The maximum Gasteiger partial charge on any atom is 0.326 e. The number of furan rings is 1. The van der Waals surface area contributed by atoms with Crippen LogP contribution in [0, 0.1) is 6.92 Å². The van der Waals surface area contributed by atoms with E-state index < -0.39 is 17.9 Å². The highest BCUT2D eigenvalue weighted by atomic mass is 16.4. The van der Waals surface area contributed by atoms with E-state index in [1.807, 2.05) is 0 Å². The molecule has 3 N–H and O–H groups in total. The van der Waals surface area contributed by atoms with Crippen LogP contribution < -0.4 is 5.32 Å². The van der Waals surface area contributed by atoms with Crippen molar-refractivity contribution in [2.45, 2.75) is 19.4 Å². The maximum atomic E-state index is 11.6. The Kier molecular flexibility index (Phi) is 4.07. The van der Waals surface area contributed by atoms with E-state index in [0.717, 1.165) is 0 Å². The number of aryl methyl sites for hydroxylation is 1. The minimum absolute atomic E-state index is 0.0408. The minimum atomic E-state index is -1.19. The second-order valence-corrected chi connectivity index (χ2v) is 3.31. The highest BCUT2D eigenvalue weighted by Gasteiger charge is 2.22. The van der Waals surface area contributed by atoms with Crippen molar-refractivity contribution in [3.8, 4) is 0 Å². The molecular formula is C10H13NO5. The van der Waals surface area contributed by atoms with Crippen LogP contribution in [0.5, 0.6) is 0 Å². The number of aliphatic hydroxyl groups excluding tert-OH is 1. The molecule has 0 aliphatic rings. The van der Waals surface area contributed by atoms with E-state index in [1.165, 1.54) is 6.26 Å². The lowest BCUT2D eigenvalue weighted by molar-refractivity contribution is -0.139. The number of carboxylic acids is 1. The summed E-state index contributed by atoms with van der Waals surface area (Å²) >= 11 is 0. The van der Waals surface area contributed by atoms with E-state index in [1.54, 1.807) is 13.0 Å². The summed E-state index contributed by atoms with van der Waals surface area (Å²) in [5, 5.41) is 19.7. The van der Waals surface area contributed by atoms with Gasteiger partial charge in [0.2, 0.25) is 0 Å². The van der Waals surface area contributed by atoms with E-state index in [4.69, 9.17) is 14.6 Å². The Morgan fingerprint density at radius 3 is 2.69 bits per heavy atom. The highest BCUT2D eigenvalue weighted by Crippen LogP contribution is 2.08. The Bertz CT molecular complexity index is 384. The number of aliphatic hydroxyl groups is 1. The maximum absolute atomic E-state index is 11.6. The molecule has 0 saturated carbocycles. The van der Waals surface area contributed by atoms with Crippen molar-refractivity contribution < 1.29 is 24.2 Å². The first-order valence-corrected chi connectivity index (χ1v) is 4.75. The predicted octanol–water partition coefficient (Wildman–Crippen LogP) is 0.153. The molecule has 0 aromatic carbocycles. The molecule has 0 saturated heterocycles. The van der Waals surface area contributed by atoms with Gasteiger partial charge in [-0.05, 0) is 13.0 Å². The van der Waals surface area contributed by atoms with Gasteiger partial charge in [-0.1, -0.05) is 0 Å². The molecule has 88 valence electrons. The average Bonchev–Trinajstić information content (AvgIpc) is 2.63. The largest absolute Gasteiger partial charge is 0.480 e. The van der Waals surface area contributed by atoms with Gasteiger partial charge in [0.05, 0.1) is 6.26 Å². The minimum Gasteiger partial charge on any atom is -0.480 e. The van der Waals surface area contributed by atoms with Crippen molar-refractivity contribution in [2.24, 2.45) is 0 Å². The molecule has 1 atom stereocenters. The summed E-state index contributed by atoms with van der Waals surface area (Å²) in [4.78, 5) is 22.3. The lowest BCUT2D eigenvalue weighted by atomic mass is 10.2. The van der Waals surface area contributed by atoms with Crippen LogP contribution in [0.3, 0.4) is 0 Å². The van der Waals surface area contributed by atoms with Crippen LogP contribution >= 0.6 is 0 Å². The van der Waals surface area contributed by atoms with Gasteiger partial charge in [-0.15, -0.1) is 0 Å². The number of nitrogens with one attached hydrogen (secondary N) is 1. The summed E-state index contributed by atoms with van der Waals surface area (Å²) in [6.07, 6.45) is 1.31. The number of rotatable bonds is 5. The summed E-state index contributed by atoms with van der Waals surface area (Å²) in [6.45, 7) is 1.37. The fourth-order valence-electron chi connectivity index (χ4n) is 1.22. The van der Waals surface area contributed by atoms with Crippen LogP contribution in [-0.2, 0) is 4.79 Å². The fraction of sp³-hybridized carbons (Fsp3) is 0.400. The quantitative estimate of drug-likeness (QED) is 0.665. The molecule has 16 heavy (non-hydrogen) atoms. The Hall–Kier alpha value is -1.82. The van der Waals surface area contributed by atoms with Crippen molar-refractivity contribution in [1.82, 2.24) is 5.32 Å². The lowest BCUT2D eigenvalue weighted by Gasteiger charge is -2.12. The van der Waals surface area contributed by atoms with Crippen LogP contribution in [0.2, 0.25) is 0 Å². The van der Waals surface area contributed by atoms with Gasteiger partial charge in [0.15, 0.2) is 5.76 Å². The van der Waals surface area contributed by atoms with Crippen LogP contribution in [0.1, 0.15) is 22.5 Å². The number of hydrogen-bond acceptors (Lipinski definition) is 4. The smallest absolute Gasteiger partial charge is 0.326 e. The van der Waals surface area contributed by atoms with Gasteiger partial charge in [-0.2, -0.15) is 0 Å². The molecule has 0 spiro atoms. The third-order valence-electron chi connectivity index (χ3n) is 2.09. The van der Waals surface area contributed by atoms with Crippen LogP contribution in [0.15, 0.2) is 16.7 Å². The third-order valence-corrected chi connectivity index (χ3v) is 2.09. The van der Waals surface area contributed by atoms with Crippen LogP contribution in [0.25, 0.3) is 0 Å². The van der Waals surface area contributed by atoms with Gasteiger partial charge in [-0.25, -0.2) is 4.79 Å². The average molecular weight is 227 g/mol. The van der Waals surface area contributed by atoms with Gasteiger partial charge in [0, 0.05) is 18.6 Å². The second kappa shape index (κ2) is 5.32. The third kappa shape index (κ3) is 2.83. The van der Waals surface area contributed by atoms with E-state index in [-0.39, 0.29) is 18.8 Å². The fourth-order valence-corrected chi connectivity index (χ4v) is 1.22. The van der Waals surface area contributed by atoms with Crippen molar-refractivity contribution >= 4 is 11.9 Å². The SMILES string of the molecule is Cc1ccoc1C(=O)N[C@H](CCO)C(=O)O. The van der Waals surface area contributed by atoms with Gasteiger partial charge in [-0.3, -0.25) is 4.79 Å². The van der Waals surface area contributed by atoms with Crippen LogP contribution in [-0.4, -0.2) is 34.7 Å². The molecule has 0 aliphatic carbocycles. The number of aliphatic carboxylic acids is 1. The van der Waals surface area contributed by atoms with Crippen molar-refractivity contribution in [2.75, 3.05) is 6.61 Å². The molecule has 0 bridgehead atoms. The summed E-state index contributed by atoms with van der Waals surface area (Å²) in [5.74, 6) is -1.70. The second-order valence-electron chi connectivity index (χ2n) is 3.31. The number of hydrogen-bond donors (Lipinski definition) is 3. The zero-order valence-electron chi connectivity index (χ0n) is 8.77. The zero-order valence-corrected chi connectivity index (χ0v) is 8.77. The molecule has 6 heteroatoms. The molecule has 1 amide bonds. The predicted molar refractivity (Wildman–Crippen MR) is 54.0 cm³/mol. The first-order valence-electron chi connectivity index (χ1n) is 4.75. The summed E-state index contributed by atoms with van der Waals surface area (Å²) in [7, 11) is 0. The highest BCUT2D eigenvalue weighted by molar-refractivity contribution is 5.95. The first kappa shape index (κ1) is 12.3. The van der Waals surface area contributed by atoms with E-state index in [9.17, 15) is 9.59 Å². The number of carboxylic acid groups (broad SMARTS) is 1. The lowest BCUT2D eigenvalue weighted by Crippen LogP contribution is -2.41. The standard InChI is InChI=1S/C10H13NO5/c1-6-3-5-16-8(6)9(13)11-7(2-4-12)10(14)15/h3,5,7,12H,2,4H2,1H3,(H,11,13)(H,14,15)/t7-/m1/s1. The molecule has 1 heterocycles. The normalized spacial score (nSPS) is 12.1. The first-order chi connectivity index (χ1) is 7.56. The van der Waals surface area contributed by atoms with Crippen LogP contribution in [0.4, 0.5) is 0 Å². The number of amides is 1. The number of carbonyl (C=O) groups excluding carboxylic acids is 1. The van der Waals surface area contributed by atoms with Crippen molar-refractivity contribution in [3.05, 3.63) is 23.7 Å². The Labute approximate surface area is 91.9 Å². The molecule has 1 aromatic rings. The van der Waals surface area contributed by atoms with Crippen molar-refractivity contribution in [3.63, 3.8) is 0 Å². The summed E-state index contributed by atoms with van der Waals surface area (Å²) in [6, 6.07) is 0.499. The van der Waals surface area contributed by atoms with Gasteiger partial charge in [0.1, 0.15) is 6.04 Å². The monoisotopic (exact) mass is 227 g/mol. The molecule has 0 radical (unpaired) electrons. The summed E-state index contributed by atoms with van der Waals surface area (Å²) < 4.78 is 4.92. The Morgan fingerprint density at radius 1 is 1.56 bits per heavy atom. The van der Waals surface area contributed by atoms with E-state index in [0.29, 0.717) is 5.56 Å². The van der Waals surface area contributed by atoms with Gasteiger partial charge in [0.25, 0.3) is 5.91 Å². The van der Waals surface area contributed by atoms with E-state index >= 15 is 0 Å². The number of carbonyl (C=O) groups is 2. The Morgan fingerprint density at radius 2 is 2.25 bits per heavy atom. The molecule has 0 aliphatic heterocycles. The zero-order chi connectivity index (χ0) is 12.1. The van der Waals surface area contributed by atoms with Crippen molar-refractivity contribution in [1.29, 1.82) is 0 Å². The summed E-state index contributed by atoms with van der Waals surface area (Å²) in [5.41, 5.74) is 0.630. The van der Waals surface area contributed by atoms with Gasteiger partial charge >= 0.3 is 5.97 Å². The molecule has 0 fully saturated rings. The molecule has 1 rings (SSSR count). The Balaban J connectivity index is 2.69. The molecule has 0 unspecified atom stereocenters. The van der Waals surface area contributed by atoms with E-state index in [2.05, 4.69) is 5.32 Å². The molecular weight excluding hydrogens is 214 g/mol. The molecule has 1 aromatic heterocycles. The topological polar surface area (TPSA) is 99.8 Å².